The van der Waals surface area contributed by atoms with Crippen molar-refractivity contribution in [1.82, 2.24) is 5.09 Å². The predicted molar refractivity (Wildman–Crippen MR) is 69.3 cm³/mol. The van der Waals surface area contributed by atoms with E-state index in [9.17, 15) is 9.46 Å². The van der Waals surface area contributed by atoms with Crippen molar-refractivity contribution in [1.29, 1.82) is 0 Å². The molecule has 0 spiro atoms. The summed E-state index contributed by atoms with van der Waals surface area (Å²) < 4.78 is 11.7. The molecule has 3 nitrogen and oxygen atoms in total. The predicted octanol–water partition coefficient (Wildman–Crippen LogP) is 2.62. The van der Waals surface area contributed by atoms with Crippen molar-refractivity contribution in [2.24, 2.45) is 0 Å². The minimum atomic E-state index is -3.14. The Balaban J connectivity index is 2.40. The first-order chi connectivity index (χ1) is 6.35. The Morgan fingerprint density at radius 3 is 2.43 bits per heavy atom. The standard InChI is InChI=1S/C7H16NO2PS3/c1-7(2)12-4-6(5-13-7)14-11(9,10)8-3/h6H,4-5H2,1-3H3,(H2,8,9,10). The van der Waals surface area contributed by atoms with Crippen LogP contribution in [0.2, 0.25) is 0 Å². The normalized spacial score (nSPS) is 27.1. The molecule has 0 radical (unpaired) electrons. The quantitative estimate of drug-likeness (QED) is 0.771. The van der Waals surface area contributed by atoms with Gasteiger partial charge in [0.05, 0.1) is 4.08 Å². The summed E-state index contributed by atoms with van der Waals surface area (Å²) in [5.74, 6) is 1.91. The van der Waals surface area contributed by atoms with Gasteiger partial charge >= 0.3 is 6.72 Å². The van der Waals surface area contributed by atoms with E-state index < -0.39 is 6.72 Å². The fourth-order valence-corrected chi connectivity index (χ4v) is 7.32. The number of hydrogen-bond donors (Lipinski definition) is 2. The van der Waals surface area contributed by atoms with E-state index in [4.69, 9.17) is 0 Å². The van der Waals surface area contributed by atoms with Crippen molar-refractivity contribution in [3.05, 3.63) is 0 Å². The van der Waals surface area contributed by atoms with Crippen LogP contribution in [0.25, 0.3) is 0 Å². The van der Waals surface area contributed by atoms with Crippen molar-refractivity contribution < 1.29 is 9.46 Å². The Kier molecular flexibility index (Phi) is 4.76. The molecule has 1 atom stereocenters. The lowest BCUT2D eigenvalue weighted by atomic mass is 10.5. The zero-order valence-corrected chi connectivity index (χ0v) is 11.9. The molecule has 2 N–H and O–H groups in total. The number of rotatable bonds is 3. The molecule has 7 heteroatoms. The molecule has 1 aliphatic heterocycles. The molecule has 1 rings (SSSR count). The van der Waals surface area contributed by atoms with E-state index in [1.807, 2.05) is 23.5 Å². The third-order valence-electron chi connectivity index (χ3n) is 1.81. The molecular weight excluding hydrogens is 257 g/mol. The Bertz CT molecular complexity index is 239. The summed E-state index contributed by atoms with van der Waals surface area (Å²) in [6.45, 7) is 1.24. The van der Waals surface area contributed by atoms with Gasteiger partial charge in [-0.05, 0) is 32.3 Å². The molecule has 0 aromatic carbocycles. The highest BCUT2D eigenvalue weighted by atomic mass is 32.7. The van der Waals surface area contributed by atoms with E-state index in [0.717, 1.165) is 11.5 Å². The zero-order chi connectivity index (χ0) is 10.8. The molecule has 1 aliphatic rings. The van der Waals surface area contributed by atoms with Crippen LogP contribution < -0.4 is 5.09 Å². The lowest BCUT2D eigenvalue weighted by Gasteiger charge is -2.33. The van der Waals surface area contributed by atoms with Crippen molar-refractivity contribution in [3.8, 4) is 0 Å². The van der Waals surface area contributed by atoms with Crippen LogP contribution in [0.3, 0.4) is 0 Å². The lowest BCUT2D eigenvalue weighted by Crippen LogP contribution is -2.25. The Morgan fingerprint density at radius 1 is 1.50 bits per heavy atom. The first-order valence-electron chi connectivity index (χ1n) is 4.33. The summed E-state index contributed by atoms with van der Waals surface area (Å²) in [5.41, 5.74) is 0. The molecular formula is C7H16NO2PS3. The van der Waals surface area contributed by atoms with Gasteiger partial charge in [0.25, 0.3) is 0 Å². The lowest BCUT2D eigenvalue weighted by molar-refractivity contribution is 0.488. The van der Waals surface area contributed by atoms with E-state index >= 15 is 0 Å². The molecule has 0 saturated carbocycles. The first-order valence-corrected chi connectivity index (χ1v) is 9.44. The maximum atomic E-state index is 11.4. The van der Waals surface area contributed by atoms with Crippen LogP contribution >= 0.6 is 41.6 Å². The molecule has 1 unspecified atom stereocenters. The van der Waals surface area contributed by atoms with Gasteiger partial charge in [-0.2, -0.15) is 0 Å². The average molecular weight is 273 g/mol. The molecule has 0 amide bonds. The Morgan fingerprint density at radius 2 is 2.00 bits per heavy atom. The van der Waals surface area contributed by atoms with Gasteiger partial charge in [0.15, 0.2) is 0 Å². The summed E-state index contributed by atoms with van der Waals surface area (Å²) in [6, 6.07) is 0. The minimum Gasteiger partial charge on any atom is -0.326 e. The van der Waals surface area contributed by atoms with E-state index in [0.29, 0.717) is 0 Å². The molecule has 1 saturated heterocycles. The molecule has 84 valence electrons. The van der Waals surface area contributed by atoms with Crippen molar-refractivity contribution in [2.75, 3.05) is 18.6 Å². The second kappa shape index (κ2) is 5.02. The largest absolute Gasteiger partial charge is 0.326 e. The molecule has 1 heterocycles. The van der Waals surface area contributed by atoms with Crippen molar-refractivity contribution >= 4 is 41.6 Å². The highest BCUT2D eigenvalue weighted by Gasteiger charge is 2.32. The maximum absolute atomic E-state index is 11.4. The average Bonchev–Trinajstić information content (AvgIpc) is 2.09. The van der Waals surface area contributed by atoms with Crippen LogP contribution in [0, 0.1) is 0 Å². The van der Waals surface area contributed by atoms with Crippen molar-refractivity contribution in [3.63, 3.8) is 0 Å². The highest BCUT2D eigenvalue weighted by Crippen LogP contribution is 2.56. The molecule has 0 aliphatic carbocycles. The van der Waals surface area contributed by atoms with Crippen LogP contribution in [-0.2, 0) is 4.57 Å². The zero-order valence-electron chi connectivity index (χ0n) is 8.52. The fourth-order valence-electron chi connectivity index (χ4n) is 0.993. The first kappa shape index (κ1) is 13.3. The second-order valence-corrected chi connectivity index (χ2v) is 11.5. The van der Waals surface area contributed by atoms with Gasteiger partial charge in [0.1, 0.15) is 0 Å². The van der Waals surface area contributed by atoms with Crippen LogP contribution in [0.4, 0.5) is 0 Å². The molecule has 1 fully saturated rings. The monoisotopic (exact) mass is 273 g/mol. The van der Waals surface area contributed by atoms with Gasteiger partial charge in [-0.3, -0.25) is 4.57 Å². The molecule has 0 aromatic rings. The summed E-state index contributed by atoms with van der Waals surface area (Å²) in [4.78, 5) is 9.39. The molecule has 0 bridgehead atoms. The Hall–Kier alpha value is 1.20. The van der Waals surface area contributed by atoms with Crippen LogP contribution in [0.5, 0.6) is 0 Å². The van der Waals surface area contributed by atoms with Gasteiger partial charge in [0, 0.05) is 16.8 Å². The smallest absolute Gasteiger partial charge is 0.324 e. The SMILES string of the molecule is CNP(=O)(O)SC1CSC(C)(C)SC1. The van der Waals surface area contributed by atoms with E-state index in [-0.39, 0.29) is 9.33 Å². The summed E-state index contributed by atoms with van der Waals surface area (Å²) in [5, 5.41) is 2.74. The van der Waals surface area contributed by atoms with E-state index in [1.165, 1.54) is 18.4 Å². The second-order valence-electron chi connectivity index (χ2n) is 3.49. The third-order valence-corrected chi connectivity index (χ3v) is 9.25. The summed E-state index contributed by atoms with van der Waals surface area (Å²) in [7, 11) is 1.53. The van der Waals surface area contributed by atoms with Crippen molar-refractivity contribution in [2.45, 2.75) is 23.2 Å². The van der Waals surface area contributed by atoms with Gasteiger partial charge in [-0.15, -0.1) is 23.5 Å². The van der Waals surface area contributed by atoms with Gasteiger partial charge in [-0.25, -0.2) is 5.09 Å². The van der Waals surface area contributed by atoms with Crippen LogP contribution in [0.1, 0.15) is 13.8 Å². The van der Waals surface area contributed by atoms with E-state index in [1.54, 1.807) is 0 Å². The number of nitrogens with one attached hydrogen (secondary N) is 1. The topological polar surface area (TPSA) is 49.3 Å². The summed E-state index contributed by atoms with van der Waals surface area (Å²) in [6.07, 6.45) is 0. The minimum absolute atomic E-state index is 0.260. The summed E-state index contributed by atoms with van der Waals surface area (Å²) >= 11 is 4.91. The third kappa shape index (κ3) is 4.37. The fraction of sp³-hybridized carbons (Fsp3) is 1.00. The van der Waals surface area contributed by atoms with Gasteiger partial charge in [-0.1, -0.05) is 0 Å². The van der Waals surface area contributed by atoms with Crippen LogP contribution in [-0.4, -0.2) is 32.8 Å². The number of hydrogen-bond acceptors (Lipinski definition) is 4. The maximum Gasteiger partial charge on any atom is 0.324 e. The molecule has 14 heavy (non-hydrogen) atoms. The Labute approximate surface area is 97.8 Å². The van der Waals surface area contributed by atoms with Gasteiger partial charge < -0.3 is 4.89 Å². The van der Waals surface area contributed by atoms with Gasteiger partial charge in [0.2, 0.25) is 0 Å². The highest BCUT2D eigenvalue weighted by molar-refractivity contribution is 8.56. The van der Waals surface area contributed by atoms with Crippen LogP contribution in [0.15, 0.2) is 0 Å². The number of thioether (sulfide) groups is 2. The molecule has 0 aromatic heterocycles. The van der Waals surface area contributed by atoms with E-state index in [2.05, 4.69) is 18.9 Å².